The topological polar surface area (TPSA) is 38.9 Å². The van der Waals surface area contributed by atoms with E-state index >= 15 is 0 Å². The number of rotatable bonds is 2. The molecule has 1 aromatic heterocycles. The lowest BCUT2D eigenvalue weighted by Gasteiger charge is -2.28. The summed E-state index contributed by atoms with van der Waals surface area (Å²) < 4.78 is 0. The summed E-state index contributed by atoms with van der Waals surface area (Å²) in [6.45, 7) is 4.66. The third kappa shape index (κ3) is 2.86. The predicted molar refractivity (Wildman–Crippen MR) is 71.5 cm³/mol. The quantitative estimate of drug-likeness (QED) is 0.793. The number of hydrogen-bond donors (Lipinski definition) is 1. The lowest BCUT2D eigenvalue weighted by molar-refractivity contribution is 0.325. The molecule has 1 aromatic rings. The zero-order chi connectivity index (χ0) is 12.3. The Labute approximate surface area is 105 Å². The van der Waals surface area contributed by atoms with E-state index in [4.69, 9.17) is 5.73 Å². The van der Waals surface area contributed by atoms with E-state index < -0.39 is 0 Å². The molecule has 1 aliphatic rings. The van der Waals surface area contributed by atoms with Gasteiger partial charge in [0, 0.05) is 17.9 Å². The lowest BCUT2D eigenvalue weighted by Crippen LogP contribution is -2.36. The molecule has 1 fully saturated rings. The molecule has 0 aromatic carbocycles. The second kappa shape index (κ2) is 5.18. The lowest BCUT2D eigenvalue weighted by atomic mass is 9.83. The highest BCUT2D eigenvalue weighted by atomic mass is 14.8. The average Bonchev–Trinajstić information content (AvgIpc) is 2.54. The number of pyridine rings is 1. The van der Waals surface area contributed by atoms with Crippen LogP contribution in [0.1, 0.15) is 51.5 Å². The summed E-state index contributed by atoms with van der Waals surface area (Å²) in [5, 5.41) is 0. The Morgan fingerprint density at radius 1 is 1.35 bits per heavy atom. The summed E-state index contributed by atoms with van der Waals surface area (Å²) >= 11 is 0. The first kappa shape index (κ1) is 12.6. The minimum absolute atomic E-state index is 0.141. The fourth-order valence-electron chi connectivity index (χ4n) is 3.00. The van der Waals surface area contributed by atoms with Crippen molar-refractivity contribution in [3.05, 3.63) is 30.1 Å². The highest BCUT2D eigenvalue weighted by molar-refractivity contribution is 5.20. The fraction of sp³-hybridized carbons (Fsp3) is 0.667. The van der Waals surface area contributed by atoms with Crippen LogP contribution in [0.15, 0.2) is 24.5 Å². The highest BCUT2D eigenvalue weighted by Crippen LogP contribution is 2.37. The first-order valence-corrected chi connectivity index (χ1v) is 6.81. The summed E-state index contributed by atoms with van der Waals surface area (Å²) in [6.07, 6.45) is 9.79. The van der Waals surface area contributed by atoms with Crippen molar-refractivity contribution in [1.29, 1.82) is 0 Å². The molecule has 1 heterocycles. The van der Waals surface area contributed by atoms with Crippen molar-refractivity contribution < 1.29 is 0 Å². The van der Waals surface area contributed by atoms with Crippen LogP contribution in [0.2, 0.25) is 0 Å². The predicted octanol–water partition coefficient (Wildman–Crippen LogP) is 3.47. The number of nitrogens with zero attached hydrogens (tertiary/aromatic N) is 1. The molecular formula is C15H24N2. The van der Waals surface area contributed by atoms with Crippen LogP contribution >= 0.6 is 0 Å². The van der Waals surface area contributed by atoms with Crippen molar-refractivity contribution in [2.75, 3.05) is 0 Å². The van der Waals surface area contributed by atoms with Gasteiger partial charge in [0.05, 0.1) is 0 Å². The van der Waals surface area contributed by atoms with Crippen LogP contribution in [0.3, 0.4) is 0 Å². The summed E-state index contributed by atoms with van der Waals surface area (Å²) in [5.74, 6) is 1.63. The van der Waals surface area contributed by atoms with Gasteiger partial charge in [-0.15, -0.1) is 0 Å². The third-order valence-electron chi connectivity index (χ3n) is 4.34. The molecule has 1 saturated carbocycles. The largest absolute Gasteiger partial charge is 0.321 e. The van der Waals surface area contributed by atoms with E-state index in [9.17, 15) is 0 Å². The molecular weight excluding hydrogens is 208 g/mol. The van der Waals surface area contributed by atoms with Gasteiger partial charge in [-0.3, -0.25) is 4.98 Å². The van der Waals surface area contributed by atoms with Gasteiger partial charge in [-0.05, 0) is 42.7 Å². The first-order chi connectivity index (χ1) is 8.12. The van der Waals surface area contributed by atoms with Gasteiger partial charge in [0.1, 0.15) is 0 Å². The van der Waals surface area contributed by atoms with Gasteiger partial charge in [-0.2, -0.15) is 0 Å². The van der Waals surface area contributed by atoms with Crippen molar-refractivity contribution in [3.8, 4) is 0 Å². The van der Waals surface area contributed by atoms with Gasteiger partial charge < -0.3 is 5.73 Å². The van der Waals surface area contributed by atoms with Crippen LogP contribution in [-0.2, 0) is 5.54 Å². The Balaban J connectivity index is 2.12. The summed E-state index contributed by atoms with van der Waals surface area (Å²) in [7, 11) is 0. The maximum absolute atomic E-state index is 6.60. The minimum Gasteiger partial charge on any atom is -0.321 e. The van der Waals surface area contributed by atoms with Gasteiger partial charge >= 0.3 is 0 Å². The fourth-order valence-corrected chi connectivity index (χ4v) is 3.00. The minimum atomic E-state index is -0.141. The molecule has 0 aliphatic heterocycles. The second-order valence-corrected chi connectivity index (χ2v) is 5.83. The van der Waals surface area contributed by atoms with Crippen molar-refractivity contribution in [2.45, 2.75) is 51.5 Å². The van der Waals surface area contributed by atoms with Crippen LogP contribution in [0.25, 0.3) is 0 Å². The van der Waals surface area contributed by atoms with Gasteiger partial charge in [-0.25, -0.2) is 0 Å². The van der Waals surface area contributed by atoms with Gasteiger partial charge in [0.2, 0.25) is 0 Å². The highest BCUT2D eigenvalue weighted by Gasteiger charge is 2.31. The number of hydrogen-bond acceptors (Lipinski definition) is 2. The zero-order valence-electron chi connectivity index (χ0n) is 11.0. The third-order valence-corrected chi connectivity index (χ3v) is 4.34. The van der Waals surface area contributed by atoms with E-state index in [0.717, 1.165) is 24.7 Å². The molecule has 2 rings (SSSR count). The molecule has 2 nitrogen and oxygen atoms in total. The Hall–Kier alpha value is -0.890. The molecule has 0 saturated heterocycles. The Kier molecular flexibility index (Phi) is 3.82. The SMILES string of the molecule is CC(C)C1CCCC(N)(c2cccnc2)CC1. The molecule has 17 heavy (non-hydrogen) atoms. The Morgan fingerprint density at radius 2 is 2.18 bits per heavy atom. The van der Waals surface area contributed by atoms with Crippen molar-refractivity contribution in [2.24, 2.45) is 17.6 Å². The maximum atomic E-state index is 6.60. The van der Waals surface area contributed by atoms with Crippen LogP contribution in [-0.4, -0.2) is 4.98 Å². The molecule has 1 aliphatic carbocycles. The molecule has 2 unspecified atom stereocenters. The number of aromatic nitrogens is 1. The molecule has 2 heteroatoms. The molecule has 0 radical (unpaired) electrons. The van der Waals surface area contributed by atoms with Crippen LogP contribution in [0.5, 0.6) is 0 Å². The molecule has 0 amide bonds. The van der Waals surface area contributed by atoms with E-state index in [2.05, 4.69) is 24.9 Å². The van der Waals surface area contributed by atoms with E-state index in [-0.39, 0.29) is 5.54 Å². The van der Waals surface area contributed by atoms with Gasteiger partial charge in [0.25, 0.3) is 0 Å². The van der Waals surface area contributed by atoms with E-state index in [0.29, 0.717) is 0 Å². The van der Waals surface area contributed by atoms with Crippen LogP contribution in [0.4, 0.5) is 0 Å². The van der Waals surface area contributed by atoms with Crippen molar-refractivity contribution in [3.63, 3.8) is 0 Å². The molecule has 94 valence electrons. The maximum Gasteiger partial charge on any atom is 0.0425 e. The molecule has 0 spiro atoms. The smallest absolute Gasteiger partial charge is 0.0425 e. The van der Waals surface area contributed by atoms with Gasteiger partial charge in [-0.1, -0.05) is 32.8 Å². The van der Waals surface area contributed by atoms with Crippen molar-refractivity contribution >= 4 is 0 Å². The molecule has 2 atom stereocenters. The average molecular weight is 232 g/mol. The zero-order valence-corrected chi connectivity index (χ0v) is 11.0. The van der Waals surface area contributed by atoms with E-state index in [1.807, 2.05) is 18.5 Å². The molecule has 0 bridgehead atoms. The Morgan fingerprint density at radius 3 is 2.82 bits per heavy atom. The summed E-state index contributed by atoms with van der Waals surface area (Å²) in [5.41, 5.74) is 7.67. The standard InChI is InChI=1S/C15H24N2/c1-12(2)13-5-3-8-15(16,9-7-13)14-6-4-10-17-11-14/h4,6,10-13H,3,5,7-9,16H2,1-2H3. The van der Waals surface area contributed by atoms with E-state index in [1.165, 1.54) is 24.8 Å². The Bertz CT molecular complexity index is 347. The van der Waals surface area contributed by atoms with E-state index in [1.54, 1.807) is 0 Å². The van der Waals surface area contributed by atoms with Crippen molar-refractivity contribution in [1.82, 2.24) is 4.98 Å². The van der Waals surface area contributed by atoms with Crippen LogP contribution in [0, 0.1) is 11.8 Å². The number of nitrogens with two attached hydrogens (primary N) is 1. The summed E-state index contributed by atoms with van der Waals surface area (Å²) in [4.78, 5) is 4.21. The van der Waals surface area contributed by atoms with Crippen LogP contribution < -0.4 is 5.73 Å². The first-order valence-electron chi connectivity index (χ1n) is 6.81. The second-order valence-electron chi connectivity index (χ2n) is 5.83. The molecule has 2 N–H and O–H groups in total. The summed E-state index contributed by atoms with van der Waals surface area (Å²) in [6, 6.07) is 4.12. The normalized spacial score (nSPS) is 30.2. The van der Waals surface area contributed by atoms with Gasteiger partial charge in [0.15, 0.2) is 0 Å². The monoisotopic (exact) mass is 232 g/mol.